The van der Waals surface area contributed by atoms with Gasteiger partial charge >= 0.3 is 11.8 Å². The average molecular weight is 401 g/mol. The number of benzene rings is 2. The van der Waals surface area contributed by atoms with Gasteiger partial charge in [0.1, 0.15) is 5.75 Å². The van der Waals surface area contributed by atoms with Crippen molar-refractivity contribution in [3.8, 4) is 5.75 Å². The van der Waals surface area contributed by atoms with Crippen molar-refractivity contribution in [1.82, 2.24) is 5.32 Å². The van der Waals surface area contributed by atoms with E-state index in [0.717, 1.165) is 18.4 Å². The molecule has 2 aromatic rings. The van der Waals surface area contributed by atoms with Crippen LogP contribution in [0.15, 0.2) is 36.4 Å². The van der Waals surface area contributed by atoms with Crippen LogP contribution in [0.2, 0.25) is 5.02 Å². The number of amides is 2. The van der Waals surface area contributed by atoms with Gasteiger partial charge in [0.2, 0.25) is 0 Å². The maximum Gasteiger partial charge on any atom is 0.313 e. The largest absolute Gasteiger partial charge is 0.495 e. The van der Waals surface area contributed by atoms with Crippen LogP contribution >= 0.6 is 11.6 Å². The van der Waals surface area contributed by atoms with Gasteiger partial charge in [-0.25, -0.2) is 0 Å². The molecule has 3 rings (SSSR count). The fourth-order valence-corrected chi connectivity index (χ4v) is 3.74. The summed E-state index contributed by atoms with van der Waals surface area (Å²) < 4.78 is 5.20. The lowest BCUT2D eigenvalue weighted by Gasteiger charge is -2.21. The minimum Gasteiger partial charge on any atom is -0.495 e. The molecular weight excluding hydrogens is 376 g/mol. The summed E-state index contributed by atoms with van der Waals surface area (Å²) in [4.78, 5) is 24.9. The summed E-state index contributed by atoms with van der Waals surface area (Å²) in [6.45, 7) is 1.99. The van der Waals surface area contributed by atoms with Crippen LogP contribution in [0.4, 0.5) is 5.69 Å². The van der Waals surface area contributed by atoms with Crippen molar-refractivity contribution in [2.75, 3.05) is 12.4 Å². The Hall–Kier alpha value is -2.53. The van der Waals surface area contributed by atoms with Gasteiger partial charge in [0.25, 0.3) is 0 Å². The van der Waals surface area contributed by atoms with Crippen molar-refractivity contribution in [2.24, 2.45) is 0 Å². The molecular formula is C22H25ClN2O3. The Balaban J connectivity index is 1.70. The zero-order valence-electron chi connectivity index (χ0n) is 16.2. The van der Waals surface area contributed by atoms with Crippen molar-refractivity contribution >= 4 is 29.1 Å². The van der Waals surface area contributed by atoms with Crippen LogP contribution < -0.4 is 15.4 Å². The highest BCUT2D eigenvalue weighted by Gasteiger charge is 2.21. The van der Waals surface area contributed by atoms with Gasteiger partial charge in [-0.05, 0) is 67.0 Å². The van der Waals surface area contributed by atoms with E-state index in [-0.39, 0.29) is 6.04 Å². The second-order valence-electron chi connectivity index (χ2n) is 6.97. The van der Waals surface area contributed by atoms with Gasteiger partial charge in [0.05, 0.1) is 18.8 Å². The molecule has 0 radical (unpaired) electrons. The zero-order valence-corrected chi connectivity index (χ0v) is 16.9. The minimum atomic E-state index is -0.753. The van der Waals surface area contributed by atoms with Crippen molar-refractivity contribution in [1.29, 1.82) is 0 Å². The van der Waals surface area contributed by atoms with Crippen LogP contribution in [-0.4, -0.2) is 18.9 Å². The first-order valence-corrected chi connectivity index (χ1v) is 9.96. The third kappa shape index (κ3) is 4.65. The number of rotatable bonds is 5. The van der Waals surface area contributed by atoms with Gasteiger partial charge in [-0.1, -0.05) is 36.7 Å². The van der Waals surface area contributed by atoms with E-state index in [4.69, 9.17) is 16.3 Å². The van der Waals surface area contributed by atoms with E-state index in [1.54, 1.807) is 18.2 Å². The van der Waals surface area contributed by atoms with E-state index in [2.05, 4.69) is 28.8 Å². The molecule has 148 valence electrons. The molecule has 0 aromatic heterocycles. The Kier molecular flexibility index (Phi) is 6.57. The highest BCUT2D eigenvalue weighted by Crippen LogP contribution is 2.28. The van der Waals surface area contributed by atoms with Gasteiger partial charge in [-0.2, -0.15) is 0 Å². The molecule has 5 nitrogen and oxygen atoms in total. The first-order chi connectivity index (χ1) is 13.5. The third-order valence-electron chi connectivity index (χ3n) is 5.10. The number of halogens is 1. The van der Waals surface area contributed by atoms with Gasteiger partial charge < -0.3 is 15.4 Å². The summed E-state index contributed by atoms with van der Waals surface area (Å²) in [6.07, 6.45) is 5.31. The number of carbonyl (C=O) groups excluding carboxylic acids is 2. The van der Waals surface area contributed by atoms with Gasteiger partial charge in [0, 0.05) is 5.02 Å². The Morgan fingerprint density at radius 1 is 1.07 bits per heavy atom. The van der Waals surface area contributed by atoms with Gasteiger partial charge in [-0.15, -0.1) is 0 Å². The van der Waals surface area contributed by atoms with Crippen LogP contribution in [0.1, 0.15) is 48.9 Å². The Morgan fingerprint density at radius 2 is 1.82 bits per heavy atom. The average Bonchev–Trinajstić information content (AvgIpc) is 2.71. The van der Waals surface area contributed by atoms with E-state index in [1.165, 1.54) is 31.1 Å². The van der Waals surface area contributed by atoms with Gasteiger partial charge in [0.15, 0.2) is 0 Å². The molecule has 0 heterocycles. The van der Waals surface area contributed by atoms with Crippen molar-refractivity contribution in [3.63, 3.8) is 0 Å². The lowest BCUT2D eigenvalue weighted by Crippen LogP contribution is -2.37. The molecule has 0 bridgehead atoms. The SMILES string of the molecule is CCC(NC(=O)C(=O)Nc1cc(Cl)ccc1OC)c1ccc2c(c1)CCCC2. The Labute approximate surface area is 170 Å². The van der Waals surface area contributed by atoms with Crippen LogP contribution in [0, 0.1) is 0 Å². The van der Waals surface area contributed by atoms with E-state index in [1.807, 2.05) is 6.92 Å². The molecule has 6 heteroatoms. The molecule has 1 aliphatic carbocycles. The number of methoxy groups -OCH3 is 1. The first-order valence-electron chi connectivity index (χ1n) is 9.59. The number of hydrogen-bond acceptors (Lipinski definition) is 3. The van der Waals surface area contributed by atoms with Crippen molar-refractivity contribution in [2.45, 2.75) is 45.1 Å². The summed E-state index contributed by atoms with van der Waals surface area (Å²) in [5, 5.41) is 5.85. The minimum absolute atomic E-state index is 0.216. The van der Waals surface area contributed by atoms with Crippen LogP contribution in [0.25, 0.3) is 0 Å². The fourth-order valence-electron chi connectivity index (χ4n) is 3.57. The number of ether oxygens (including phenoxy) is 1. The van der Waals surface area contributed by atoms with E-state index >= 15 is 0 Å². The maximum atomic E-state index is 12.5. The topological polar surface area (TPSA) is 67.4 Å². The number of anilines is 1. The molecule has 2 amide bonds. The smallest absolute Gasteiger partial charge is 0.313 e. The molecule has 1 unspecified atom stereocenters. The number of nitrogens with one attached hydrogen (secondary N) is 2. The quantitative estimate of drug-likeness (QED) is 0.729. The molecule has 1 atom stereocenters. The van der Waals surface area contributed by atoms with Crippen molar-refractivity contribution < 1.29 is 14.3 Å². The van der Waals surface area contributed by atoms with Crippen LogP contribution in [0.3, 0.4) is 0 Å². The molecule has 2 aromatic carbocycles. The zero-order chi connectivity index (χ0) is 20.1. The Bertz CT molecular complexity index is 882. The van der Waals surface area contributed by atoms with Crippen LogP contribution in [-0.2, 0) is 22.4 Å². The number of carbonyl (C=O) groups is 2. The van der Waals surface area contributed by atoms with Crippen LogP contribution in [0.5, 0.6) is 5.75 Å². The fraction of sp³-hybridized carbons (Fsp3) is 0.364. The first kappa shape index (κ1) is 20.2. The van der Waals surface area contributed by atoms with E-state index in [9.17, 15) is 9.59 Å². The highest BCUT2D eigenvalue weighted by atomic mass is 35.5. The van der Waals surface area contributed by atoms with E-state index in [0.29, 0.717) is 22.9 Å². The summed E-state index contributed by atoms with van der Waals surface area (Å²) >= 11 is 5.97. The lowest BCUT2D eigenvalue weighted by molar-refractivity contribution is -0.136. The molecule has 0 fully saturated rings. The second kappa shape index (κ2) is 9.11. The second-order valence-corrected chi connectivity index (χ2v) is 7.40. The predicted molar refractivity (Wildman–Crippen MR) is 111 cm³/mol. The maximum absolute atomic E-state index is 12.5. The lowest BCUT2D eigenvalue weighted by atomic mass is 9.89. The summed E-state index contributed by atoms with van der Waals surface area (Å²) in [6, 6.07) is 11.0. The number of fused-ring (bicyclic) bond motifs is 1. The molecule has 0 spiro atoms. The van der Waals surface area contributed by atoms with Crippen molar-refractivity contribution in [3.05, 3.63) is 58.1 Å². The third-order valence-corrected chi connectivity index (χ3v) is 5.34. The standard InChI is InChI=1S/C22H25ClN2O3/c1-3-18(16-9-8-14-6-4-5-7-15(14)12-16)24-21(26)22(27)25-19-13-17(23)10-11-20(19)28-2/h8-13,18H,3-7H2,1-2H3,(H,24,26)(H,25,27). The summed E-state index contributed by atoms with van der Waals surface area (Å²) in [5.74, 6) is -1.00. The monoisotopic (exact) mass is 400 g/mol. The molecule has 1 aliphatic rings. The normalized spacial score (nSPS) is 14.0. The highest BCUT2D eigenvalue weighted by molar-refractivity contribution is 6.40. The predicted octanol–water partition coefficient (Wildman–Crippen LogP) is 4.43. The molecule has 0 saturated carbocycles. The molecule has 2 N–H and O–H groups in total. The molecule has 0 aliphatic heterocycles. The number of aryl methyl sites for hydroxylation is 2. The molecule has 0 saturated heterocycles. The Morgan fingerprint density at radius 3 is 2.54 bits per heavy atom. The summed E-state index contributed by atoms with van der Waals surface area (Å²) in [7, 11) is 1.49. The molecule has 28 heavy (non-hydrogen) atoms. The van der Waals surface area contributed by atoms with Gasteiger partial charge in [-0.3, -0.25) is 9.59 Å². The number of hydrogen-bond donors (Lipinski definition) is 2. The summed E-state index contributed by atoms with van der Waals surface area (Å²) in [5.41, 5.74) is 4.13. The van der Waals surface area contributed by atoms with E-state index < -0.39 is 11.8 Å².